The second-order valence-corrected chi connectivity index (χ2v) is 9.05. The van der Waals surface area contributed by atoms with E-state index in [1.807, 2.05) is 0 Å². The molecule has 0 bridgehead atoms. The fraction of sp³-hybridized carbons (Fsp3) is 0.455. The van der Waals surface area contributed by atoms with Gasteiger partial charge in [-0.15, -0.1) is 0 Å². The Morgan fingerprint density at radius 1 is 0.941 bits per heavy atom. The second-order valence-electron chi connectivity index (χ2n) is 4.49. The quantitative estimate of drug-likeness (QED) is 0.579. The van der Waals surface area contributed by atoms with E-state index in [1.54, 1.807) is 18.2 Å². The Balaban J connectivity index is 3.05. The van der Waals surface area contributed by atoms with Crippen LogP contribution in [0.3, 0.4) is 0 Å². The summed E-state index contributed by atoms with van der Waals surface area (Å²) < 4.78 is 63.9. The molecular weight excluding hydrogens is 255 g/mol. The van der Waals surface area contributed by atoms with Gasteiger partial charge in [0.2, 0.25) is 5.55 Å². The van der Waals surface area contributed by atoms with Crippen molar-refractivity contribution in [3.8, 4) is 0 Å². The molecule has 0 heterocycles. The maximum Gasteiger partial charge on any atom is 0.394 e. The minimum atomic E-state index is -4.84. The topological polar surface area (TPSA) is 0 Å². The molecule has 0 spiro atoms. The van der Waals surface area contributed by atoms with E-state index < -0.39 is 26.2 Å². The number of halogens is 5. The standard InChI is InChI=1S/C11H13F5Si/c1-17(2,9-6-4-3-5-7-9)11(15,16)8-10(12,13)14/h3-7H,8H2,1-2H3. The first kappa shape index (κ1) is 14.1. The van der Waals surface area contributed by atoms with Gasteiger partial charge in [0.05, 0.1) is 0 Å². The summed E-state index contributed by atoms with van der Waals surface area (Å²) in [5, 5.41) is 0.328. The molecule has 0 aliphatic heterocycles. The molecule has 0 unspecified atom stereocenters. The molecule has 1 rings (SSSR count). The van der Waals surface area contributed by atoms with Gasteiger partial charge in [-0.1, -0.05) is 48.6 Å². The number of rotatable bonds is 3. The Kier molecular flexibility index (Phi) is 3.66. The molecule has 0 aliphatic rings. The van der Waals surface area contributed by atoms with E-state index in [4.69, 9.17) is 0 Å². The summed E-state index contributed by atoms with van der Waals surface area (Å²) in [5.74, 6) is 0. The second kappa shape index (κ2) is 4.40. The third-order valence-corrected chi connectivity index (χ3v) is 6.61. The average Bonchev–Trinajstić information content (AvgIpc) is 2.15. The highest BCUT2D eigenvalue weighted by Gasteiger charge is 2.55. The molecule has 0 saturated heterocycles. The highest BCUT2D eigenvalue weighted by Crippen LogP contribution is 2.37. The van der Waals surface area contributed by atoms with Crippen LogP contribution in [-0.2, 0) is 0 Å². The van der Waals surface area contributed by atoms with Crippen LogP contribution in [0.5, 0.6) is 0 Å². The van der Waals surface area contributed by atoms with Crippen molar-refractivity contribution in [2.45, 2.75) is 31.2 Å². The van der Waals surface area contributed by atoms with E-state index >= 15 is 0 Å². The lowest BCUT2D eigenvalue weighted by atomic mass is 10.4. The van der Waals surface area contributed by atoms with Crippen LogP contribution in [0.2, 0.25) is 13.1 Å². The van der Waals surface area contributed by atoms with Crippen molar-refractivity contribution in [2.24, 2.45) is 0 Å². The van der Waals surface area contributed by atoms with Gasteiger partial charge in [-0.2, -0.15) is 13.2 Å². The summed E-state index contributed by atoms with van der Waals surface area (Å²) in [5.41, 5.74) is -3.70. The molecule has 0 nitrogen and oxygen atoms in total. The smallest absolute Gasteiger partial charge is 0.211 e. The summed E-state index contributed by atoms with van der Waals surface area (Å²) >= 11 is 0. The average molecular weight is 268 g/mol. The van der Waals surface area contributed by atoms with Crippen molar-refractivity contribution in [3.05, 3.63) is 30.3 Å². The minimum Gasteiger partial charge on any atom is -0.211 e. The first-order chi connectivity index (χ1) is 7.56. The van der Waals surface area contributed by atoms with Crippen molar-refractivity contribution < 1.29 is 22.0 Å². The molecule has 17 heavy (non-hydrogen) atoms. The minimum absolute atomic E-state index is 0.328. The molecule has 0 atom stereocenters. The zero-order valence-corrected chi connectivity index (χ0v) is 10.5. The number of hydrogen-bond acceptors (Lipinski definition) is 0. The molecule has 0 radical (unpaired) electrons. The van der Waals surface area contributed by atoms with Crippen molar-refractivity contribution >= 4 is 13.3 Å². The lowest BCUT2D eigenvalue weighted by Gasteiger charge is -2.33. The molecule has 0 aromatic heterocycles. The molecule has 0 saturated carbocycles. The molecule has 0 N–H and O–H groups in total. The molecular formula is C11H13F5Si. The van der Waals surface area contributed by atoms with Crippen molar-refractivity contribution in [1.82, 2.24) is 0 Å². The normalized spacial score (nSPS) is 13.8. The summed E-state index contributed by atoms with van der Waals surface area (Å²) in [7, 11) is -3.47. The Hall–Kier alpha value is -0.913. The fourth-order valence-corrected chi connectivity index (χ4v) is 3.63. The van der Waals surface area contributed by atoms with Crippen molar-refractivity contribution in [2.75, 3.05) is 0 Å². The van der Waals surface area contributed by atoms with Gasteiger partial charge in [-0.05, 0) is 0 Å². The van der Waals surface area contributed by atoms with E-state index in [0.29, 0.717) is 5.19 Å². The number of hydrogen-bond donors (Lipinski definition) is 0. The summed E-state index contributed by atoms with van der Waals surface area (Å²) in [4.78, 5) is 0. The monoisotopic (exact) mass is 268 g/mol. The Morgan fingerprint density at radius 3 is 1.82 bits per heavy atom. The largest absolute Gasteiger partial charge is 0.394 e. The van der Waals surface area contributed by atoms with Gasteiger partial charge in [-0.3, -0.25) is 0 Å². The summed E-state index contributed by atoms with van der Waals surface area (Å²) in [6, 6.07) is 7.71. The van der Waals surface area contributed by atoms with Crippen LogP contribution < -0.4 is 5.19 Å². The van der Waals surface area contributed by atoms with Crippen molar-refractivity contribution in [3.63, 3.8) is 0 Å². The van der Waals surface area contributed by atoms with Gasteiger partial charge in [-0.25, -0.2) is 8.78 Å². The van der Waals surface area contributed by atoms with Crippen LogP contribution in [0, 0.1) is 0 Å². The van der Waals surface area contributed by atoms with E-state index in [0.717, 1.165) is 0 Å². The van der Waals surface area contributed by atoms with Gasteiger partial charge in [0.15, 0.2) is 8.07 Å². The number of benzene rings is 1. The molecule has 0 fully saturated rings. The predicted molar refractivity (Wildman–Crippen MR) is 59.2 cm³/mol. The maximum atomic E-state index is 13.7. The highest BCUT2D eigenvalue weighted by atomic mass is 28.3. The molecule has 0 aliphatic carbocycles. The van der Waals surface area contributed by atoms with E-state index in [2.05, 4.69) is 0 Å². The van der Waals surface area contributed by atoms with Crippen LogP contribution in [0.1, 0.15) is 6.42 Å². The van der Waals surface area contributed by atoms with Crippen LogP contribution in [-0.4, -0.2) is 19.8 Å². The zero-order chi connectivity index (χ0) is 13.3. The Morgan fingerprint density at radius 2 is 1.41 bits per heavy atom. The molecule has 1 aromatic carbocycles. The molecule has 1 aromatic rings. The maximum absolute atomic E-state index is 13.7. The van der Waals surface area contributed by atoms with Gasteiger partial charge < -0.3 is 0 Å². The zero-order valence-electron chi connectivity index (χ0n) is 9.48. The van der Waals surface area contributed by atoms with Crippen LogP contribution in [0.25, 0.3) is 0 Å². The number of alkyl halides is 5. The van der Waals surface area contributed by atoms with E-state index in [9.17, 15) is 22.0 Å². The molecule has 6 heteroatoms. The van der Waals surface area contributed by atoms with Gasteiger partial charge >= 0.3 is 6.18 Å². The fourth-order valence-electron chi connectivity index (χ4n) is 1.54. The lowest BCUT2D eigenvalue weighted by Crippen LogP contribution is -2.58. The lowest BCUT2D eigenvalue weighted by molar-refractivity contribution is -0.169. The highest BCUT2D eigenvalue weighted by molar-refractivity contribution is 6.91. The van der Waals surface area contributed by atoms with E-state index in [-0.39, 0.29) is 0 Å². The Bertz CT molecular complexity index is 369. The molecule has 0 amide bonds. The predicted octanol–water partition coefficient (Wildman–Crippen LogP) is 3.73. The molecule has 96 valence electrons. The van der Waals surface area contributed by atoms with Crippen LogP contribution >= 0.6 is 0 Å². The van der Waals surface area contributed by atoms with E-state index in [1.165, 1.54) is 25.2 Å². The third-order valence-electron chi connectivity index (χ3n) is 2.83. The van der Waals surface area contributed by atoms with Gasteiger partial charge in [0.25, 0.3) is 0 Å². The van der Waals surface area contributed by atoms with Crippen molar-refractivity contribution in [1.29, 1.82) is 0 Å². The first-order valence-electron chi connectivity index (χ1n) is 5.06. The third kappa shape index (κ3) is 3.28. The van der Waals surface area contributed by atoms with Crippen LogP contribution in [0.4, 0.5) is 22.0 Å². The first-order valence-corrected chi connectivity index (χ1v) is 8.06. The Labute approximate surface area is 97.5 Å². The SMILES string of the molecule is C[Si](C)(c1ccccc1)C(F)(F)CC(F)(F)F. The van der Waals surface area contributed by atoms with Gasteiger partial charge in [0, 0.05) is 0 Å². The summed E-state index contributed by atoms with van der Waals surface area (Å²) in [6.07, 6.45) is -6.89. The van der Waals surface area contributed by atoms with Crippen LogP contribution in [0.15, 0.2) is 30.3 Å². The van der Waals surface area contributed by atoms with Gasteiger partial charge in [0.1, 0.15) is 6.42 Å². The summed E-state index contributed by atoms with van der Waals surface area (Å²) in [6.45, 7) is 2.52.